The molecule has 0 radical (unpaired) electrons. The van der Waals surface area contributed by atoms with Gasteiger partial charge in [0, 0.05) is 0 Å². The summed E-state index contributed by atoms with van der Waals surface area (Å²) in [4.78, 5) is 0. The van der Waals surface area contributed by atoms with Gasteiger partial charge in [-0.25, -0.2) is 0 Å². The van der Waals surface area contributed by atoms with Gasteiger partial charge in [0.05, 0.1) is 19.8 Å². The average Bonchev–Trinajstić information content (AvgIpc) is 2.65. The van der Waals surface area contributed by atoms with Gasteiger partial charge in [0.2, 0.25) is 0 Å². The second-order valence-corrected chi connectivity index (χ2v) is 4.90. The summed E-state index contributed by atoms with van der Waals surface area (Å²) in [6.07, 6.45) is -0.524. The molecule has 1 aliphatic heterocycles. The average molecular weight is 252 g/mol. The van der Waals surface area contributed by atoms with Crippen molar-refractivity contribution in [2.75, 3.05) is 13.2 Å². The first-order valence-corrected chi connectivity index (χ1v) is 6.19. The normalized spacial score (nSPS) is 26.4. The Labute approximate surface area is 107 Å². The molecule has 0 bridgehead atoms. The minimum absolute atomic E-state index is 0.0528. The summed E-state index contributed by atoms with van der Waals surface area (Å²) in [6, 6.07) is 9.96. The highest BCUT2D eigenvalue weighted by molar-refractivity contribution is 5.13. The van der Waals surface area contributed by atoms with Crippen molar-refractivity contribution in [2.45, 2.75) is 38.4 Å². The first kappa shape index (κ1) is 13.5. The maximum atomic E-state index is 9.22. The lowest BCUT2D eigenvalue weighted by molar-refractivity contribution is -0.153. The van der Waals surface area contributed by atoms with Gasteiger partial charge in [-0.05, 0) is 19.4 Å². The van der Waals surface area contributed by atoms with Crippen molar-refractivity contribution in [3.05, 3.63) is 35.9 Å². The molecule has 2 rings (SSSR count). The molecule has 0 aromatic heterocycles. The summed E-state index contributed by atoms with van der Waals surface area (Å²) in [5, 5.41) is 9.22. The van der Waals surface area contributed by atoms with E-state index in [1.165, 1.54) is 0 Å². The van der Waals surface area contributed by atoms with Gasteiger partial charge < -0.3 is 19.3 Å². The van der Waals surface area contributed by atoms with Crippen LogP contribution in [0.15, 0.2) is 30.3 Å². The third-order valence-electron chi connectivity index (χ3n) is 2.86. The van der Waals surface area contributed by atoms with Crippen LogP contribution < -0.4 is 0 Å². The molecule has 1 N–H and O–H groups in total. The van der Waals surface area contributed by atoms with Crippen molar-refractivity contribution in [1.82, 2.24) is 0 Å². The van der Waals surface area contributed by atoms with Crippen LogP contribution in [-0.2, 0) is 20.8 Å². The van der Waals surface area contributed by atoms with E-state index < -0.39 is 5.79 Å². The molecular weight excluding hydrogens is 232 g/mol. The molecule has 0 spiro atoms. The van der Waals surface area contributed by atoms with Crippen LogP contribution >= 0.6 is 0 Å². The molecule has 0 aliphatic carbocycles. The van der Waals surface area contributed by atoms with E-state index in [4.69, 9.17) is 14.2 Å². The van der Waals surface area contributed by atoms with E-state index >= 15 is 0 Å². The summed E-state index contributed by atoms with van der Waals surface area (Å²) < 4.78 is 16.9. The molecule has 0 saturated carbocycles. The van der Waals surface area contributed by atoms with Gasteiger partial charge in [-0.2, -0.15) is 0 Å². The van der Waals surface area contributed by atoms with Gasteiger partial charge in [0.25, 0.3) is 0 Å². The van der Waals surface area contributed by atoms with Crippen LogP contribution in [0.5, 0.6) is 0 Å². The Morgan fingerprint density at radius 2 is 1.83 bits per heavy atom. The maximum Gasteiger partial charge on any atom is 0.163 e. The van der Waals surface area contributed by atoms with Crippen molar-refractivity contribution < 1.29 is 19.3 Å². The first-order chi connectivity index (χ1) is 8.61. The number of ether oxygens (including phenoxy) is 3. The van der Waals surface area contributed by atoms with Gasteiger partial charge in [0.1, 0.15) is 12.2 Å². The molecule has 0 unspecified atom stereocenters. The fraction of sp³-hybridized carbons (Fsp3) is 0.571. The predicted molar refractivity (Wildman–Crippen MR) is 67.0 cm³/mol. The third-order valence-corrected chi connectivity index (χ3v) is 2.86. The molecule has 1 heterocycles. The van der Waals surface area contributed by atoms with Crippen molar-refractivity contribution >= 4 is 0 Å². The zero-order chi connectivity index (χ0) is 13.0. The largest absolute Gasteiger partial charge is 0.394 e. The van der Waals surface area contributed by atoms with E-state index in [0.717, 1.165) is 5.56 Å². The highest BCUT2D eigenvalue weighted by Crippen LogP contribution is 2.28. The summed E-state index contributed by atoms with van der Waals surface area (Å²) >= 11 is 0. The standard InChI is InChI=1S/C14H20O4/c1-14(2)17-12(8-15)13(18-14)10-16-9-11-6-4-3-5-7-11/h3-7,12-13,15H,8-10H2,1-2H3/t12-,13+/m1/s1. The quantitative estimate of drug-likeness (QED) is 0.866. The van der Waals surface area contributed by atoms with Crippen molar-refractivity contribution in [2.24, 2.45) is 0 Å². The highest BCUT2D eigenvalue weighted by atomic mass is 16.8. The first-order valence-electron chi connectivity index (χ1n) is 6.19. The van der Waals surface area contributed by atoms with Crippen molar-refractivity contribution in [1.29, 1.82) is 0 Å². The van der Waals surface area contributed by atoms with E-state index in [1.54, 1.807) is 0 Å². The molecule has 0 amide bonds. The van der Waals surface area contributed by atoms with Gasteiger partial charge in [-0.15, -0.1) is 0 Å². The molecule has 1 aromatic rings. The lowest BCUT2D eigenvalue weighted by Crippen LogP contribution is -2.30. The van der Waals surface area contributed by atoms with Crippen LogP contribution in [0.1, 0.15) is 19.4 Å². The van der Waals surface area contributed by atoms with Gasteiger partial charge in [-0.1, -0.05) is 30.3 Å². The molecule has 2 atom stereocenters. The van der Waals surface area contributed by atoms with E-state index in [9.17, 15) is 5.11 Å². The second-order valence-electron chi connectivity index (χ2n) is 4.90. The van der Waals surface area contributed by atoms with Crippen molar-refractivity contribution in [3.8, 4) is 0 Å². The number of aliphatic hydroxyl groups is 1. The molecule has 100 valence electrons. The van der Waals surface area contributed by atoms with Crippen LogP contribution in [0.25, 0.3) is 0 Å². The molecule has 18 heavy (non-hydrogen) atoms. The Morgan fingerprint density at radius 3 is 2.50 bits per heavy atom. The Balaban J connectivity index is 1.80. The molecule has 1 aliphatic rings. The van der Waals surface area contributed by atoms with Crippen molar-refractivity contribution in [3.63, 3.8) is 0 Å². The predicted octanol–water partition coefficient (Wildman–Crippen LogP) is 1.72. The molecule has 4 nitrogen and oxygen atoms in total. The lowest BCUT2D eigenvalue weighted by Gasteiger charge is -2.16. The van der Waals surface area contributed by atoms with Crippen LogP contribution in [0.4, 0.5) is 0 Å². The van der Waals surface area contributed by atoms with E-state index in [2.05, 4.69) is 0 Å². The summed E-state index contributed by atoms with van der Waals surface area (Å²) in [6.45, 7) is 4.59. The number of benzene rings is 1. The summed E-state index contributed by atoms with van der Waals surface area (Å²) in [5.74, 6) is -0.645. The smallest absolute Gasteiger partial charge is 0.163 e. The number of hydrogen-bond acceptors (Lipinski definition) is 4. The molecule has 4 heteroatoms. The molecule has 1 aromatic carbocycles. The minimum atomic E-state index is -0.645. The van der Waals surface area contributed by atoms with E-state index in [1.807, 2.05) is 44.2 Å². The summed E-state index contributed by atoms with van der Waals surface area (Å²) in [7, 11) is 0. The SMILES string of the molecule is CC1(C)O[C@@H](COCc2ccccc2)[C@@H](CO)O1. The topological polar surface area (TPSA) is 47.9 Å². The highest BCUT2D eigenvalue weighted by Gasteiger charge is 2.40. The lowest BCUT2D eigenvalue weighted by atomic mass is 10.2. The van der Waals surface area contributed by atoms with E-state index in [0.29, 0.717) is 13.2 Å². The Morgan fingerprint density at radius 1 is 1.17 bits per heavy atom. The molecule has 1 fully saturated rings. The van der Waals surface area contributed by atoms with Crippen LogP contribution in [0.2, 0.25) is 0 Å². The maximum absolute atomic E-state index is 9.22. The zero-order valence-electron chi connectivity index (χ0n) is 10.8. The van der Waals surface area contributed by atoms with Crippen LogP contribution in [0.3, 0.4) is 0 Å². The Hall–Kier alpha value is -0.940. The van der Waals surface area contributed by atoms with Crippen LogP contribution in [0, 0.1) is 0 Å². The van der Waals surface area contributed by atoms with E-state index in [-0.39, 0.29) is 18.8 Å². The second kappa shape index (κ2) is 5.80. The Kier molecular flexibility index (Phi) is 4.35. The fourth-order valence-corrected chi connectivity index (χ4v) is 2.07. The third kappa shape index (κ3) is 3.53. The monoisotopic (exact) mass is 252 g/mol. The number of hydrogen-bond donors (Lipinski definition) is 1. The van der Waals surface area contributed by atoms with Gasteiger partial charge in [0.15, 0.2) is 5.79 Å². The minimum Gasteiger partial charge on any atom is -0.394 e. The number of aliphatic hydroxyl groups excluding tert-OH is 1. The molecular formula is C14H20O4. The van der Waals surface area contributed by atoms with Gasteiger partial charge in [-0.3, -0.25) is 0 Å². The molecule has 1 saturated heterocycles. The Bertz CT molecular complexity index is 363. The van der Waals surface area contributed by atoms with Crippen LogP contribution in [-0.4, -0.2) is 36.3 Å². The summed E-state index contributed by atoms with van der Waals surface area (Å²) in [5.41, 5.74) is 1.12. The zero-order valence-corrected chi connectivity index (χ0v) is 10.8. The fourth-order valence-electron chi connectivity index (χ4n) is 2.07. The van der Waals surface area contributed by atoms with Gasteiger partial charge >= 0.3 is 0 Å². The number of rotatable bonds is 5.